The molecule has 2 aromatic rings. The van der Waals surface area contributed by atoms with Gasteiger partial charge in [-0.15, -0.1) is 0 Å². The highest BCUT2D eigenvalue weighted by Gasteiger charge is 2.08. The zero-order valence-electron chi connectivity index (χ0n) is 10.2. The number of Topliss-reactive ketones (excluding diaryl/α,β-unsaturated/α-hetero) is 1. The molecule has 0 bridgehead atoms. The summed E-state index contributed by atoms with van der Waals surface area (Å²) in [6, 6.07) is 11.6. The maximum atomic E-state index is 11.5. The second kappa shape index (κ2) is 5.00. The molecule has 0 saturated carbocycles. The predicted molar refractivity (Wildman–Crippen MR) is 69.7 cm³/mol. The summed E-state index contributed by atoms with van der Waals surface area (Å²) < 4.78 is 5.69. The van der Waals surface area contributed by atoms with E-state index in [1.807, 2.05) is 36.4 Å². The first-order chi connectivity index (χ1) is 8.24. The van der Waals surface area contributed by atoms with Crippen molar-refractivity contribution in [3.05, 3.63) is 42.0 Å². The third-order valence-corrected chi connectivity index (χ3v) is 2.72. The SMILES string of the molecule is CCCOc1cccc2c(C(C)=O)cccc12. The summed E-state index contributed by atoms with van der Waals surface area (Å²) in [4.78, 5) is 11.5. The molecule has 0 aliphatic rings. The first kappa shape index (κ1) is 11.6. The maximum absolute atomic E-state index is 11.5. The summed E-state index contributed by atoms with van der Waals surface area (Å²) in [6.07, 6.45) is 0.975. The van der Waals surface area contributed by atoms with Crippen molar-refractivity contribution in [1.82, 2.24) is 0 Å². The molecule has 0 spiro atoms. The standard InChI is InChI=1S/C15H16O2/c1-3-10-17-15-9-5-7-13-12(11(2)16)6-4-8-14(13)15/h4-9H,3,10H2,1-2H3. The van der Waals surface area contributed by atoms with Gasteiger partial charge < -0.3 is 4.74 Å². The van der Waals surface area contributed by atoms with Crippen LogP contribution in [0.1, 0.15) is 30.6 Å². The minimum Gasteiger partial charge on any atom is -0.493 e. The highest BCUT2D eigenvalue weighted by atomic mass is 16.5. The molecule has 0 unspecified atom stereocenters. The summed E-state index contributed by atoms with van der Waals surface area (Å²) >= 11 is 0. The molecule has 17 heavy (non-hydrogen) atoms. The summed E-state index contributed by atoms with van der Waals surface area (Å²) in [5, 5.41) is 1.97. The molecule has 0 fully saturated rings. The highest BCUT2D eigenvalue weighted by Crippen LogP contribution is 2.28. The average molecular weight is 228 g/mol. The Bertz CT molecular complexity index is 544. The van der Waals surface area contributed by atoms with E-state index in [1.165, 1.54) is 0 Å². The van der Waals surface area contributed by atoms with Crippen molar-refractivity contribution in [2.24, 2.45) is 0 Å². The Morgan fingerprint density at radius 1 is 1.12 bits per heavy atom. The van der Waals surface area contributed by atoms with Gasteiger partial charge in [0.15, 0.2) is 5.78 Å². The molecule has 0 aliphatic carbocycles. The van der Waals surface area contributed by atoms with Crippen LogP contribution in [0.2, 0.25) is 0 Å². The van der Waals surface area contributed by atoms with E-state index in [0.29, 0.717) is 6.61 Å². The van der Waals surface area contributed by atoms with Crippen LogP contribution in [0.3, 0.4) is 0 Å². The van der Waals surface area contributed by atoms with Gasteiger partial charge in [0, 0.05) is 10.9 Å². The Hall–Kier alpha value is -1.83. The lowest BCUT2D eigenvalue weighted by molar-refractivity contribution is 0.101. The van der Waals surface area contributed by atoms with Crippen molar-refractivity contribution in [3.63, 3.8) is 0 Å². The molecule has 0 aliphatic heterocycles. The van der Waals surface area contributed by atoms with E-state index < -0.39 is 0 Å². The van der Waals surface area contributed by atoms with E-state index in [2.05, 4.69) is 6.92 Å². The van der Waals surface area contributed by atoms with Gasteiger partial charge in [-0.3, -0.25) is 4.79 Å². The van der Waals surface area contributed by atoms with Crippen molar-refractivity contribution in [2.75, 3.05) is 6.61 Å². The van der Waals surface area contributed by atoms with Crippen LogP contribution >= 0.6 is 0 Å². The molecule has 2 rings (SSSR count). The summed E-state index contributed by atoms with van der Waals surface area (Å²) in [6.45, 7) is 4.36. The quantitative estimate of drug-likeness (QED) is 0.743. The van der Waals surface area contributed by atoms with Crippen molar-refractivity contribution < 1.29 is 9.53 Å². The van der Waals surface area contributed by atoms with Gasteiger partial charge in [-0.1, -0.05) is 37.3 Å². The molecule has 0 N–H and O–H groups in total. The van der Waals surface area contributed by atoms with Crippen LogP contribution in [0.5, 0.6) is 5.75 Å². The lowest BCUT2D eigenvalue weighted by atomic mass is 10.0. The Balaban J connectivity index is 2.57. The molecule has 0 amide bonds. The van der Waals surface area contributed by atoms with Crippen LogP contribution in [-0.4, -0.2) is 12.4 Å². The van der Waals surface area contributed by atoms with Crippen molar-refractivity contribution in [1.29, 1.82) is 0 Å². The lowest BCUT2D eigenvalue weighted by Crippen LogP contribution is -1.98. The number of carbonyl (C=O) groups excluding carboxylic acids is 1. The molecule has 0 aromatic heterocycles. The molecule has 2 aromatic carbocycles. The van der Waals surface area contributed by atoms with Crippen LogP contribution in [0, 0.1) is 0 Å². The Morgan fingerprint density at radius 2 is 1.82 bits per heavy atom. The second-order valence-corrected chi connectivity index (χ2v) is 4.06. The highest BCUT2D eigenvalue weighted by molar-refractivity contribution is 6.08. The van der Waals surface area contributed by atoms with E-state index in [0.717, 1.165) is 28.5 Å². The molecule has 88 valence electrons. The van der Waals surface area contributed by atoms with Crippen LogP contribution in [0.4, 0.5) is 0 Å². The largest absolute Gasteiger partial charge is 0.493 e. The number of rotatable bonds is 4. The molecule has 0 atom stereocenters. The van der Waals surface area contributed by atoms with E-state index in [1.54, 1.807) is 6.92 Å². The van der Waals surface area contributed by atoms with Gasteiger partial charge in [-0.05, 0) is 24.8 Å². The fourth-order valence-electron chi connectivity index (χ4n) is 1.93. The number of ketones is 1. The van der Waals surface area contributed by atoms with Gasteiger partial charge in [0.1, 0.15) is 5.75 Å². The maximum Gasteiger partial charge on any atom is 0.160 e. The number of hydrogen-bond acceptors (Lipinski definition) is 2. The number of benzene rings is 2. The topological polar surface area (TPSA) is 26.3 Å². The third-order valence-electron chi connectivity index (χ3n) is 2.72. The van der Waals surface area contributed by atoms with Gasteiger partial charge in [0.2, 0.25) is 0 Å². The summed E-state index contributed by atoms with van der Waals surface area (Å²) in [5.74, 6) is 0.940. The van der Waals surface area contributed by atoms with Gasteiger partial charge >= 0.3 is 0 Å². The number of ether oxygens (including phenoxy) is 1. The fourth-order valence-corrected chi connectivity index (χ4v) is 1.93. The fraction of sp³-hybridized carbons (Fsp3) is 0.267. The van der Waals surface area contributed by atoms with Gasteiger partial charge in [0.25, 0.3) is 0 Å². The zero-order chi connectivity index (χ0) is 12.3. The minimum absolute atomic E-state index is 0.0863. The average Bonchev–Trinajstić information content (AvgIpc) is 2.35. The van der Waals surface area contributed by atoms with E-state index in [4.69, 9.17) is 4.74 Å². The van der Waals surface area contributed by atoms with Crippen molar-refractivity contribution in [2.45, 2.75) is 20.3 Å². The number of fused-ring (bicyclic) bond motifs is 1. The molecule has 0 heterocycles. The monoisotopic (exact) mass is 228 g/mol. The Labute approximate surface area is 101 Å². The van der Waals surface area contributed by atoms with Crippen molar-refractivity contribution in [3.8, 4) is 5.75 Å². The smallest absolute Gasteiger partial charge is 0.160 e. The van der Waals surface area contributed by atoms with Gasteiger partial charge in [-0.25, -0.2) is 0 Å². The normalized spacial score (nSPS) is 10.5. The zero-order valence-corrected chi connectivity index (χ0v) is 10.2. The van der Waals surface area contributed by atoms with Crippen LogP contribution in [0.25, 0.3) is 10.8 Å². The molecule has 2 heteroatoms. The second-order valence-electron chi connectivity index (χ2n) is 4.06. The van der Waals surface area contributed by atoms with E-state index in [-0.39, 0.29) is 5.78 Å². The minimum atomic E-state index is 0.0863. The van der Waals surface area contributed by atoms with E-state index in [9.17, 15) is 4.79 Å². The first-order valence-corrected chi connectivity index (χ1v) is 5.89. The summed E-state index contributed by atoms with van der Waals surface area (Å²) in [5.41, 5.74) is 0.754. The first-order valence-electron chi connectivity index (χ1n) is 5.89. The van der Waals surface area contributed by atoms with Crippen LogP contribution in [-0.2, 0) is 0 Å². The van der Waals surface area contributed by atoms with Gasteiger partial charge in [-0.2, -0.15) is 0 Å². The van der Waals surface area contributed by atoms with Crippen LogP contribution in [0.15, 0.2) is 36.4 Å². The van der Waals surface area contributed by atoms with Crippen molar-refractivity contribution >= 4 is 16.6 Å². The molecule has 0 saturated heterocycles. The molecular formula is C15H16O2. The third kappa shape index (κ3) is 2.31. The Morgan fingerprint density at radius 3 is 2.53 bits per heavy atom. The predicted octanol–water partition coefficient (Wildman–Crippen LogP) is 3.83. The molecule has 2 nitrogen and oxygen atoms in total. The number of carbonyl (C=O) groups is 1. The lowest BCUT2D eigenvalue weighted by Gasteiger charge is -2.10. The molecular weight excluding hydrogens is 212 g/mol. The van der Waals surface area contributed by atoms with Gasteiger partial charge in [0.05, 0.1) is 6.61 Å². The molecule has 0 radical (unpaired) electrons. The van der Waals surface area contributed by atoms with E-state index >= 15 is 0 Å². The number of hydrogen-bond donors (Lipinski definition) is 0. The van der Waals surface area contributed by atoms with Crippen LogP contribution < -0.4 is 4.74 Å². The summed E-state index contributed by atoms with van der Waals surface area (Å²) in [7, 11) is 0. The Kier molecular flexibility index (Phi) is 3.43.